The molecule has 1 saturated carbocycles. The van der Waals surface area contributed by atoms with Crippen molar-refractivity contribution in [3.8, 4) is 0 Å². The van der Waals surface area contributed by atoms with Gasteiger partial charge in [0.25, 0.3) is 0 Å². The summed E-state index contributed by atoms with van der Waals surface area (Å²) in [5, 5.41) is 3.67. The Morgan fingerprint density at radius 2 is 1.91 bits per heavy atom. The van der Waals surface area contributed by atoms with E-state index in [1.54, 1.807) is 0 Å². The number of nitrogens with zero attached hydrogens (tertiary/aromatic N) is 3. The number of amides is 1. The van der Waals surface area contributed by atoms with Crippen LogP contribution in [-0.4, -0.2) is 62.4 Å². The number of ether oxygens (including phenoxy) is 1. The van der Waals surface area contributed by atoms with E-state index in [1.807, 2.05) is 13.8 Å². The van der Waals surface area contributed by atoms with Crippen molar-refractivity contribution in [1.29, 1.82) is 0 Å². The van der Waals surface area contributed by atoms with Crippen molar-refractivity contribution in [1.82, 2.24) is 15.2 Å². The topological polar surface area (TPSA) is 91.8 Å². The Labute approximate surface area is 204 Å². The van der Waals surface area contributed by atoms with Crippen molar-refractivity contribution in [3.05, 3.63) is 23.4 Å². The molecule has 35 heavy (non-hydrogen) atoms. The van der Waals surface area contributed by atoms with Crippen molar-refractivity contribution in [2.45, 2.75) is 70.8 Å². The van der Waals surface area contributed by atoms with Crippen LogP contribution >= 0.6 is 0 Å². The van der Waals surface area contributed by atoms with Crippen LogP contribution in [0, 0.1) is 11.3 Å². The van der Waals surface area contributed by atoms with Gasteiger partial charge < -0.3 is 15.0 Å². The molecule has 0 radical (unpaired) electrons. The van der Waals surface area contributed by atoms with E-state index < -0.39 is 27.2 Å². The van der Waals surface area contributed by atoms with E-state index in [4.69, 9.17) is 4.74 Å². The number of hydrogen-bond acceptors (Lipinski definition) is 6. The predicted octanol–water partition coefficient (Wildman–Crippen LogP) is 3.13. The quantitative estimate of drug-likeness (QED) is 0.644. The highest BCUT2D eigenvalue weighted by Crippen LogP contribution is 2.47. The summed E-state index contributed by atoms with van der Waals surface area (Å²) in [6.07, 6.45) is 0.843. The Hall–Kier alpha value is -1.92. The molecule has 0 aromatic carbocycles. The molecule has 3 aliphatic rings. The van der Waals surface area contributed by atoms with E-state index >= 15 is 0 Å². The molecule has 0 spiro atoms. The maximum Gasteiger partial charge on any atom is 0.417 e. The minimum absolute atomic E-state index is 0.0239. The van der Waals surface area contributed by atoms with Crippen LogP contribution in [0.1, 0.15) is 57.1 Å². The second-order valence-corrected chi connectivity index (χ2v) is 12.2. The maximum atomic E-state index is 14.0. The number of anilines is 1. The van der Waals surface area contributed by atoms with Gasteiger partial charge in [-0.15, -0.1) is 0 Å². The third kappa shape index (κ3) is 5.29. The van der Waals surface area contributed by atoms with E-state index in [2.05, 4.69) is 10.3 Å². The number of sulfonamides is 1. The summed E-state index contributed by atoms with van der Waals surface area (Å²) in [7, 11) is -3.88. The Bertz CT molecular complexity index is 1060. The van der Waals surface area contributed by atoms with Crippen molar-refractivity contribution in [2.75, 3.05) is 30.4 Å². The summed E-state index contributed by atoms with van der Waals surface area (Å²) in [5.41, 5.74) is -1.63. The lowest BCUT2D eigenvalue weighted by atomic mass is 9.74. The molecule has 8 nitrogen and oxygen atoms in total. The van der Waals surface area contributed by atoms with Gasteiger partial charge in [0.1, 0.15) is 12.5 Å². The number of nitrogens with one attached hydrogen (secondary N) is 1. The van der Waals surface area contributed by atoms with Crippen molar-refractivity contribution in [3.63, 3.8) is 0 Å². The number of carbonyl (C=O) groups excluding carboxylic acids is 1. The Kier molecular flexibility index (Phi) is 7.11. The molecule has 4 rings (SSSR count). The van der Waals surface area contributed by atoms with Crippen LogP contribution in [0.4, 0.5) is 19.0 Å². The third-order valence-corrected chi connectivity index (χ3v) is 8.72. The van der Waals surface area contributed by atoms with Gasteiger partial charge in [-0.2, -0.15) is 13.2 Å². The average molecular weight is 519 g/mol. The standard InChI is InChI=1S/C23H33F3N4O4S/c1-15(2)22(7-4-19(11-22)28-18-5-8-34-9-6-18)21(31)29-13-16-10-17(23(24,25)26)12-27-20(16)30(14-29)35(3,32)33/h10,12,15,18-19,28H,4-9,11,13-14H2,1-3H3/t19-,22+/m1/s1. The van der Waals surface area contributed by atoms with Crippen LogP contribution in [0.25, 0.3) is 0 Å². The predicted molar refractivity (Wildman–Crippen MR) is 124 cm³/mol. The summed E-state index contributed by atoms with van der Waals surface area (Å²) >= 11 is 0. The zero-order chi connectivity index (χ0) is 25.6. The minimum atomic E-state index is -4.63. The molecule has 1 amide bonds. The van der Waals surface area contributed by atoms with E-state index in [0.717, 1.165) is 35.9 Å². The van der Waals surface area contributed by atoms with Gasteiger partial charge in [0.05, 0.1) is 23.8 Å². The number of carbonyl (C=O) groups is 1. The lowest BCUT2D eigenvalue weighted by Crippen LogP contribution is -2.53. The first-order valence-electron chi connectivity index (χ1n) is 12.0. The van der Waals surface area contributed by atoms with Crippen molar-refractivity contribution >= 4 is 21.7 Å². The molecule has 2 fully saturated rings. The lowest BCUT2D eigenvalue weighted by Gasteiger charge is -2.42. The molecular formula is C23H33F3N4O4S. The largest absolute Gasteiger partial charge is 0.417 e. The fourth-order valence-corrected chi connectivity index (χ4v) is 6.40. The van der Waals surface area contributed by atoms with Gasteiger partial charge in [0.2, 0.25) is 15.9 Å². The van der Waals surface area contributed by atoms with Crippen LogP contribution < -0.4 is 9.62 Å². The third-order valence-electron chi connectivity index (χ3n) is 7.63. The van der Waals surface area contributed by atoms with Gasteiger partial charge in [-0.3, -0.25) is 4.79 Å². The Morgan fingerprint density at radius 3 is 2.51 bits per heavy atom. The summed E-state index contributed by atoms with van der Waals surface area (Å²) in [5.74, 6) is -0.307. The second-order valence-electron chi connectivity index (χ2n) is 10.3. The number of halogens is 3. The van der Waals surface area contributed by atoms with Gasteiger partial charge in [-0.05, 0) is 44.1 Å². The first kappa shape index (κ1) is 26.2. The molecule has 0 unspecified atom stereocenters. The molecule has 1 aromatic heterocycles. The maximum absolute atomic E-state index is 14.0. The fraction of sp³-hybridized carbons (Fsp3) is 0.739. The van der Waals surface area contributed by atoms with E-state index in [1.165, 1.54) is 4.90 Å². The molecule has 12 heteroatoms. The highest BCUT2D eigenvalue weighted by atomic mass is 32.2. The smallest absolute Gasteiger partial charge is 0.381 e. The van der Waals surface area contributed by atoms with Crippen molar-refractivity contribution in [2.24, 2.45) is 11.3 Å². The number of pyridine rings is 1. The van der Waals surface area contributed by atoms with Crippen LogP contribution in [-0.2, 0) is 32.3 Å². The van der Waals surface area contributed by atoms with Gasteiger partial charge in [-0.25, -0.2) is 17.7 Å². The van der Waals surface area contributed by atoms with Crippen LogP contribution in [0.3, 0.4) is 0 Å². The van der Waals surface area contributed by atoms with Crippen molar-refractivity contribution < 1.29 is 31.1 Å². The normalized spacial score (nSPS) is 26.3. The highest BCUT2D eigenvalue weighted by Gasteiger charge is 2.51. The zero-order valence-corrected chi connectivity index (χ0v) is 21.1. The summed E-state index contributed by atoms with van der Waals surface area (Å²) in [6.45, 7) is 4.98. The number of rotatable bonds is 5. The highest BCUT2D eigenvalue weighted by molar-refractivity contribution is 7.92. The summed E-state index contributed by atoms with van der Waals surface area (Å²) < 4.78 is 71.4. The fourth-order valence-electron chi connectivity index (χ4n) is 5.57. The molecule has 196 valence electrons. The number of aromatic nitrogens is 1. The summed E-state index contributed by atoms with van der Waals surface area (Å²) in [6, 6.07) is 1.37. The van der Waals surface area contributed by atoms with Crippen LogP contribution in [0.5, 0.6) is 0 Å². The Balaban J connectivity index is 1.61. The molecule has 1 N–H and O–H groups in total. The molecule has 1 saturated heterocycles. The van der Waals surface area contributed by atoms with E-state index in [9.17, 15) is 26.4 Å². The molecule has 3 heterocycles. The van der Waals surface area contributed by atoms with Gasteiger partial charge >= 0.3 is 6.18 Å². The SMILES string of the molecule is CC(C)[C@]1(C(=O)N2Cc3cc(C(F)(F)F)cnc3N(S(C)(=O)=O)C2)CC[C@@H](NC2CCOCC2)C1. The minimum Gasteiger partial charge on any atom is -0.381 e. The van der Waals surface area contributed by atoms with Crippen LogP contribution in [0.2, 0.25) is 0 Å². The number of alkyl halides is 3. The van der Waals surface area contributed by atoms with Crippen LogP contribution in [0.15, 0.2) is 12.3 Å². The van der Waals surface area contributed by atoms with E-state index in [0.29, 0.717) is 38.3 Å². The van der Waals surface area contributed by atoms with Gasteiger partial charge in [0, 0.05) is 37.1 Å². The monoisotopic (exact) mass is 518 g/mol. The van der Waals surface area contributed by atoms with Gasteiger partial charge in [-0.1, -0.05) is 13.8 Å². The zero-order valence-electron chi connectivity index (χ0n) is 20.3. The second kappa shape index (κ2) is 9.51. The Morgan fingerprint density at radius 1 is 1.23 bits per heavy atom. The molecule has 1 aromatic rings. The number of hydrogen-bond donors (Lipinski definition) is 1. The average Bonchev–Trinajstić information content (AvgIpc) is 3.22. The molecule has 2 atom stereocenters. The van der Waals surface area contributed by atoms with Gasteiger partial charge in [0.15, 0.2) is 0 Å². The lowest BCUT2D eigenvalue weighted by molar-refractivity contribution is -0.145. The first-order valence-corrected chi connectivity index (χ1v) is 13.8. The first-order chi connectivity index (χ1) is 16.3. The molecular weight excluding hydrogens is 485 g/mol. The van der Waals surface area contributed by atoms with E-state index in [-0.39, 0.29) is 42.5 Å². The number of fused-ring (bicyclic) bond motifs is 1. The summed E-state index contributed by atoms with van der Waals surface area (Å²) in [4.78, 5) is 19.2. The molecule has 1 aliphatic carbocycles. The molecule has 0 bridgehead atoms. The molecule has 2 aliphatic heterocycles.